The van der Waals surface area contributed by atoms with Crippen molar-refractivity contribution in [1.82, 2.24) is 9.78 Å². The summed E-state index contributed by atoms with van der Waals surface area (Å²) in [5, 5.41) is 7.35. The molecule has 0 radical (unpaired) electrons. The molecule has 0 saturated carbocycles. The van der Waals surface area contributed by atoms with E-state index >= 15 is 0 Å². The third kappa shape index (κ3) is 3.87. The Kier molecular flexibility index (Phi) is 5.70. The lowest BCUT2D eigenvalue weighted by atomic mass is 9.87. The number of hydrogen-bond donors (Lipinski definition) is 1. The molecule has 0 fully saturated rings. The highest BCUT2D eigenvalue weighted by Crippen LogP contribution is 2.40. The van der Waals surface area contributed by atoms with Crippen molar-refractivity contribution < 1.29 is 18.7 Å². The van der Waals surface area contributed by atoms with Crippen LogP contribution in [-0.4, -0.2) is 29.4 Å². The molecule has 0 bridgehead atoms. The minimum absolute atomic E-state index is 0.0985. The number of nitrogens with zero attached hydrogens (tertiary/aromatic N) is 2. The molecule has 1 aliphatic heterocycles. The third-order valence-corrected chi connectivity index (χ3v) is 5.24. The van der Waals surface area contributed by atoms with Gasteiger partial charge in [-0.15, -0.1) is 0 Å². The number of fused-ring (bicyclic) bond motifs is 1. The second-order valence-electron chi connectivity index (χ2n) is 7.25. The average Bonchev–Trinajstić information content (AvgIpc) is 3.17. The van der Waals surface area contributed by atoms with Crippen LogP contribution in [0.2, 0.25) is 0 Å². The monoisotopic (exact) mass is 409 g/mol. The lowest BCUT2D eigenvalue weighted by molar-refractivity contribution is -0.116. The first-order valence-corrected chi connectivity index (χ1v) is 10.0. The number of ether oxygens (including phenoxy) is 2. The number of anilines is 1. The molecule has 156 valence electrons. The second-order valence-corrected chi connectivity index (χ2v) is 7.25. The molecule has 1 amide bonds. The van der Waals surface area contributed by atoms with Gasteiger partial charge < -0.3 is 14.8 Å². The maximum atomic E-state index is 13.3. The number of benzene rings is 2. The van der Waals surface area contributed by atoms with E-state index in [-0.39, 0.29) is 17.6 Å². The van der Waals surface area contributed by atoms with E-state index < -0.39 is 0 Å². The Morgan fingerprint density at radius 3 is 2.73 bits per heavy atom. The van der Waals surface area contributed by atoms with Crippen LogP contribution in [0.4, 0.5) is 10.2 Å². The van der Waals surface area contributed by atoms with Gasteiger partial charge in [0.15, 0.2) is 11.5 Å². The fraction of sp³-hybridized carbons (Fsp3) is 0.304. The van der Waals surface area contributed by atoms with Gasteiger partial charge >= 0.3 is 0 Å². The Morgan fingerprint density at radius 1 is 1.20 bits per heavy atom. The van der Waals surface area contributed by atoms with Crippen LogP contribution in [0.5, 0.6) is 11.5 Å². The van der Waals surface area contributed by atoms with E-state index in [0.29, 0.717) is 36.0 Å². The fourth-order valence-electron chi connectivity index (χ4n) is 3.64. The summed E-state index contributed by atoms with van der Waals surface area (Å²) >= 11 is 0. The first-order valence-electron chi connectivity index (χ1n) is 10.0. The largest absolute Gasteiger partial charge is 0.493 e. The number of carbonyl (C=O) groups is 1. The van der Waals surface area contributed by atoms with Crippen molar-refractivity contribution in [2.75, 3.05) is 19.0 Å². The molecule has 3 aromatic rings. The topological polar surface area (TPSA) is 65.4 Å². The van der Waals surface area contributed by atoms with Crippen molar-refractivity contribution in [3.05, 3.63) is 65.6 Å². The Labute approximate surface area is 174 Å². The first kappa shape index (κ1) is 19.9. The van der Waals surface area contributed by atoms with Gasteiger partial charge in [0.2, 0.25) is 5.91 Å². The van der Waals surface area contributed by atoms with E-state index in [0.717, 1.165) is 24.0 Å². The Bertz CT molecular complexity index is 1050. The van der Waals surface area contributed by atoms with E-state index in [1.54, 1.807) is 30.1 Å². The summed E-state index contributed by atoms with van der Waals surface area (Å²) in [4.78, 5) is 12.5. The van der Waals surface area contributed by atoms with Crippen molar-refractivity contribution in [3.8, 4) is 17.2 Å². The van der Waals surface area contributed by atoms with Gasteiger partial charge in [-0.25, -0.2) is 9.07 Å². The van der Waals surface area contributed by atoms with Gasteiger partial charge in [-0.1, -0.05) is 19.4 Å². The predicted octanol–water partition coefficient (Wildman–Crippen LogP) is 4.67. The van der Waals surface area contributed by atoms with Crippen LogP contribution in [0.25, 0.3) is 5.69 Å². The number of methoxy groups -OCH3 is 1. The smallest absolute Gasteiger partial charge is 0.226 e. The molecule has 1 N–H and O–H groups in total. The van der Waals surface area contributed by atoms with Gasteiger partial charge in [-0.3, -0.25) is 4.79 Å². The Morgan fingerprint density at radius 2 is 2.00 bits per heavy atom. The van der Waals surface area contributed by atoms with Crippen molar-refractivity contribution in [2.45, 2.75) is 32.1 Å². The normalized spacial score (nSPS) is 15.4. The summed E-state index contributed by atoms with van der Waals surface area (Å²) in [6.45, 7) is 2.74. The molecule has 1 aliphatic rings. The van der Waals surface area contributed by atoms with Gasteiger partial charge in [-0.05, 0) is 48.4 Å². The fourth-order valence-corrected chi connectivity index (χ4v) is 3.64. The van der Waals surface area contributed by atoms with Gasteiger partial charge in [-0.2, -0.15) is 5.10 Å². The maximum absolute atomic E-state index is 13.3. The number of hydrogen-bond acceptors (Lipinski definition) is 4. The van der Waals surface area contributed by atoms with Crippen LogP contribution in [0.1, 0.15) is 43.2 Å². The molecule has 1 atom stereocenters. The van der Waals surface area contributed by atoms with Gasteiger partial charge in [0.05, 0.1) is 25.6 Å². The summed E-state index contributed by atoms with van der Waals surface area (Å²) in [5.74, 6) is 1.35. The highest BCUT2D eigenvalue weighted by atomic mass is 19.1. The van der Waals surface area contributed by atoms with Crippen LogP contribution in [-0.2, 0) is 4.79 Å². The summed E-state index contributed by atoms with van der Waals surface area (Å²) in [5.41, 5.74) is 2.53. The van der Waals surface area contributed by atoms with Crippen molar-refractivity contribution in [3.63, 3.8) is 0 Å². The summed E-state index contributed by atoms with van der Waals surface area (Å²) in [7, 11) is 1.61. The molecule has 6 nitrogen and oxygen atoms in total. The minimum Gasteiger partial charge on any atom is -0.493 e. The molecule has 0 aliphatic carbocycles. The minimum atomic E-state index is -0.324. The number of aromatic nitrogens is 2. The average molecular weight is 409 g/mol. The molecule has 2 aromatic carbocycles. The van der Waals surface area contributed by atoms with Gasteiger partial charge in [0.25, 0.3) is 0 Å². The van der Waals surface area contributed by atoms with Crippen molar-refractivity contribution in [1.29, 1.82) is 0 Å². The SMILES string of the molecule is CCCCOc1ccc([C@H]2CC(=O)Nc3c2cnn3-c2ccc(F)cc2)cc1OC. The van der Waals surface area contributed by atoms with E-state index in [9.17, 15) is 9.18 Å². The molecule has 0 unspecified atom stereocenters. The number of unbranched alkanes of at least 4 members (excludes halogenated alkanes) is 1. The lowest BCUT2D eigenvalue weighted by Crippen LogP contribution is -2.24. The van der Waals surface area contributed by atoms with Crippen molar-refractivity contribution in [2.24, 2.45) is 0 Å². The van der Waals surface area contributed by atoms with Crippen LogP contribution in [0.15, 0.2) is 48.7 Å². The summed E-state index contributed by atoms with van der Waals surface area (Å²) in [6.07, 6.45) is 4.08. The summed E-state index contributed by atoms with van der Waals surface area (Å²) < 4.78 is 26.3. The molecule has 0 saturated heterocycles. The Balaban J connectivity index is 1.68. The highest BCUT2D eigenvalue weighted by Gasteiger charge is 2.31. The maximum Gasteiger partial charge on any atom is 0.226 e. The summed E-state index contributed by atoms with van der Waals surface area (Å²) in [6, 6.07) is 11.8. The van der Waals surface area contributed by atoms with Gasteiger partial charge in [0, 0.05) is 17.9 Å². The number of nitrogens with one attached hydrogen (secondary N) is 1. The first-order chi connectivity index (χ1) is 14.6. The lowest BCUT2D eigenvalue weighted by Gasteiger charge is -2.24. The van der Waals surface area contributed by atoms with E-state index in [1.807, 2.05) is 18.2 Å². The molecular formula is C23H24FN3O3. The van der Waals surface area contributed by atoms with E-state index in [2.05, 4.69) is 17.3 Å². The predicted molar refractivity (Wildman–Crippen MR) is 112 cm³/mol. The van der Waals surface area contributed by atoms with Crippen LogP contribution >= 0.6 is 0 Å². The van der Waals surface area contributed by atoms with Crippen LogP contribution in [0, 0.1) is 5.82 Å². The number of rotatable bonds is 7. The molecule has 30 heavy (non-hydrogen) atoms. The number of amides is 1. The number of halogens is 1. The van der Waals surface area contributed by atoms with Crippen LogP contribution in [0.3, 0.4) is 0 Å². The zero-order valence-electron chi connectivity index (χ0n) is 17.0. The molecule has 7 heteroatoms. The second kappa shape index (κ2) is 8.57. The van der Waals surface area contributed by atoms with E-state index in [4.69, 9.17) is 9.47 Å². The van der Waals surface area contributed by atoms with Crippen LogP contribution < -0.4 is 14.8 Å². The zero-order valence-corrected chi connectivity index (χ0v) is 17.0. The van der Waals surface area contributed by atoms with E-state index in [1.165, 1.54) is 12.1 Å². The molecule has 0 spiro atoms. The highest BCUT2D eigenvalue weighted by molar-refractivity contribution is 5.94. The Hall–Kier alpha value is -3.35. The molecule has 1 aromatic heterocycles. The zero-order chi connectivity index (χ0) is 21.1. The number of carbonyl (C=O) groups excluding carboxylic acids is 1. The quantitative estimate of drug-likeness (QED) is 0.576. The molecule has 4 rings (SSSR count). The third-order valence-electron chi connectivity index (χ3n) is 5.24. The van der Waals surface area contributed by atoms with Crippen molar-refractivity contribution >= 4 is 11.7 Å². The van der Waals surface area contributed by atoms with Gasteiger partial charge in [0.1, 0.15) is 11.6 Å². The molecular weight excluding hydrogens is 385 g/mol. The standard InChI is InChI=1S/C23H24FN3O3/c1-3-4-11-30-20-10-5-15(12-21(20)29-2)18-13-22(28)26-23-19(18)14-25-27(23)17-8-6-16(24)7-9-17/h5-10,12,14,18H,3-4,11,13H2,1-2H3,(H,26,28)/t18-/m1/s1. The molecule has 2 heterocycles.